The summed E-state index contributed by atoms with van der Waals surface area (Å²) >= 11 is 0. The Kier molecular flexibility index (Phi) is 6.84. The normalized spacial score (nSPS) is 23.2. The number of likely N-dealkylation sites (tertiary alicyclic amines) is 1. The number of amides is 1. The first-order valence-electron chi connectivity index (χ1n) is 9.59. The number of nitrogens with zero attached hydrogens (tertiary/aromatic N) is 2. The van der Waals surface area contributed by atoms with Gasteiger partial charge in [0.05, 0.1) is 6.61 Å². The van der Waals surface area contributed by atoms with Gasteiger partial charge in [-0.15, -0.1) is 0 Å². The third-order valence-corrected chi connectivity index (χ3v) is 5.23. The Hall–Kier alpha value is -1.43. The third kappa shape index (κ3) is 5.53. The number of benzene rings is 1. The fourth-order valence-electron chi connectivity index (χ4n) is 3.65. The van der Waals surface area contributed by atoms with Crippen LogP contribution in [-0.2, 0) is 22.6 Å². The first-order chi connectivity index (χ1) is 12.2. The molecule has 0 aromatic heterocycles. The zero-order chi connectivity index (χ0) is 17.5. The quantitative estimate of drug-likeness (QED) is 0.887. The van der Waals surface area contributed by atoms with Crippen LogP contribution in [-0.4, -0.2) is 61.6 Å². The number of hydrogen-bond donors (Lipinski definition) is 1. The van der Waals surface area contributed by atoms with Gasteiger partial charge in [0.15, 0.2) is 0 Å². The lowest BCUT2D eigenvalue weighted by Crippen LogP contribution is -2.48. The van der Waals surface area contributed by atoms with Crippen molar-refractivity contribution in [2.24, 2.45) is 0 Å². The number of carbonyl (C=O) groups excluding carboxylic acids is 1. The number of carbonyl (C=O) groups is 1. The van der Waals surface area contributed by atoms with Crippen molar-refractivity contribution in [3.05, 3.63) is 35.4 Å². The Labute approximate surface area is 151 Å². The third-order valence-electron chi connectivity index (χ3n) is 5.23. The van der Waals surface area contributed by atoms with Gasteiger partial charge in [0.1, 0.15) is 6.10 Å². The van der Waals surface area contributed by atoms with E-state index < -0.39 is 0 Å². The van der Waals surface area contributed by atoms with Crippen molar-refractivity contribution in [3.63, 3.8) is 0 Å². The monoisotopic (exact) mass is 345 g/mol. The minimum Gasteiger partial charge on any atom is -0.366 e. The van der Waals surface area contributed by atoms with Crippen molar-refractivity contribution in [3.8, 4) is 0 Å². The molecule has 2 aliphatic rings. The highest BCUT2D eigenvalue weighted by atomic mass is 16.5. The first kappa shape index (κ1) is 18.4. The van der Waals surface area contributed by atoms with Crippen LogP contribution >= 0.6 is 0 Å². The Balaban J connectivity index is 1.56. The molecule has 1 amide bonds. The maximum atomic E-state index is 12.4. The van der Waals surface area contributed by atoms with Gasteiger partial charge in [-0.05, 0) is 44.1 Å². The van der Waals surface area contributed by atoms with Crippen molar-refractivity contribution in [1.29, 1.82) is 0 Å². The van der Waals surface area contributed by atoms with Gasteiger partial charge in [0.2, 0.25) is 0 Å². The summed E-state index contributed by atoms with van der Waals surface area (Å²) in [6, 6.07) is 8.47. The lowest BCUT2D eigenvalue weighted by Gasteiger charge is -2.29. The van der Waals surface area contributed by atoms with E-state index in [4.69, 9.17) is 4.74 Å². The van der Waals surface area contributed by atoms with Crippen LogP contribution in [0.1, 0.15) is 36.8 Å². The maximum absolute atomic E-state index is 12.4. The van der Waals surface area contributed by atoms with E-state index >= 15 is 0 Å². The van der Waals surface area contributed by atoms with Crippen LogP contribution in [0.25, 0.3) is 0 Å². The van der Waals surface area contributed by atoms with Gasteiger partial charge in [-0.2, -0.15) is 0 Å². The number of ether oxygens (including phenoxy) is 1. The lowest BCUT2D eigenvalue weighted by molar-refractivity contribution is -0.138. The fourth-order valence-corrected chi connectivity index (χ4v) is 3.65. The summed E-state index contributed by atoms with van der Waals surface area (Å²) in [4.78, 5) is 17.1. The minimum absolute atomic E-state index is 0.00359. The molecule has 0 bridgehead atoms. The lowest BCUT2D eigenvalue weighted by atomic mass is 10.1. The second kappa shape index (κ2) is 9.32. The average molecular weight is 345 g/mol. The second-order valence-electron chi connectivity index (χ2n) is 7.30. The molecule has 0 radical (unpaired) electrons. The zero-order valence-electron chi connectivity index (χ0n) is 15.4. The van der Waals surface area contributed by atoms with E-state index in [1.165, 1.54) is 49.9 Å². The molecule has 0 saturated carbocycles. The molecule has 5 heteroatoms. The van der Waals surface area contributed by atoms with Crippen molar-refractivity contribution in [2.75, 3.05) is 39.8 Å². The van der Waals surface area contributed by atoms with Gasteiger partial charge in [0, 0.05) is 26.2 Å². The minimum atomic E-state index is -0.350. The number of rotatable bonds is 5. The van der Waals surface area contributed by atoms with Gasteiger partial charge in [-0.3, -0.25) is 9.69 Å². The summed E-state index contributed by atoms with van der Waals surface area (Å²) in [5, 5.41) is 3.07. The molecule has 1 atom stereocenters. The number of nitrogens with one attached hydrogen (secondary N) is 1. The van der Waals surface area contributed by atoms with Crippen molar-refractivity contribution < 1.29 is 9.53 Å². The van der Waals surface area contributed by atoms with E-state index in [0.29, 0.717) is 19.7 Å². The zero-order valence-corrected chi connectivity index (χ0v) is 15.4. The van der Waals surface area contributed by atoms with E-state index in [0.717, 1.165) is 13.1 Å². The molecule has 1 aromatic rings. The Bertz CT molecular complexity index is 556. The molecule has 2 heterocycles. The summed E-state index contributed by atoms with van der Waals surface area (Å²) in [6.07, 6.45) is 4.95. The van der Waals surface area contributed by atoms with Crippen LogP contribution in [0.3, 0.4) is 0 Å². The van der Waals surface area contributed by atoms with Crippen molar-refractivity contribution in [1.82, 2.24) is 15.1 Å². The highest BCUT2D eigenvalue weighted by Crippen LogP contribution is 2.16. The molecular weight excluding hydrogens is 314 g/mol. The van der Waals surface area contributed by atoms with E-state index in [1.54, 1.807) is 0 Å². The summed E-state index contributed by atoms with van der Waals surface area (Å²) < 4.78 is 5.60. The van der Waals surface area contributed by atoms with Crippen LogP contribution in [0.4, 0.5) is 0 Å². The Morgan fingerprint density at radius 1 is 1.12 bits per heavy atom. The summed E-state index contributed by atoms with van der Waals surface area (Å²) in [6.45, 7) is 6.11. The van der Waals surface area contributed by atoms with Gasteiger partial charge < -0.3 is 15.0 Å². The van der Waals surface area contributed by atoms with Crippen LogP contribution < -0.4 is 5.32 Å². The number of likely N-dealkylation sites (N-methyl/N-ethyl adjacent to an activating group) is 1. The van der Waals surface area contributed by atoms with Crippen LogP contribution in [0.5, 0.6) is 0 Å². The van der Waals surface area contributed by atoms with Gasteiger partial charge in [0.25, 0.3) is 5.91 Å². The summed E-state index contributed by atoms with van der Waals surface area (Å²) in [7, 11) is 2.03. The maximum Gasteiger partial charge on any atom is 0.250 e. The number of hydrogen-bond acceptors (Lipinski definition) is 4. The van der Waals surface area contributed by atoms with Gasteiger partial charge in [-0.1, -0.05) is 37.1 Å². The van der Waals surface area contributed by atoms with E-state index in [-0.39, 0.29) is 12.0 Å². The summed E-state index contributed by atoms with van der Waals surface area (Å²) in [5.74, 6) is -0.00359. The van der Waals surface area contributed by atoms with Gasteiger partial charge in [-0.25, -0.2) is 0 Å². The predicted molar refractivity (Wildman–Crippen MR) is 99.3 cm³/mol. The van der Waals surface area contributed by atoms with Crippen molar-refractivity contribution >= 4 is 5.91 Å². The molecule has 3 rings (SSSR count). The first-order valence-corrected chi connectivity index (χ1v) is 9.59. The fraction of sp³-hybridized carbons (Fsp3) is 0.650. The highest BCUT2D eigenvalue weighted by Gasteiger charge is 2.24. The topological polar surface area (TPSA) is 44.8 Å². The van der Waals surface area contributed by atoms with Crippen LogP contribution in [0, 0.1) is 0 Å². The molecule has 2 saturated heterocycles. The Morgan fingerprint density at radius 3 is 2.56 bits per heavy atom. The largest absolute Gasteiger partial charge is 0.366 e. The molecule has 1 unspecified atom stereocenters. The Morgan fingerprint density at radius 2 is 1.84 bits per heavy atom. The average Bonchev–Trinajstić information content (AvgIpc) is 2.89. The molecular formula is C20H31N3O2. The van der Waals surface area contributed by atoms with Crippen LogP contribution in [0.2, 0.25) is 0 Å². The number of morpholine rings is 1. The molecule has 0 aliphatic carbocycles. The van der Waals surface area contributed by atoms with E-state index in [9.17, 15) is 4.79 Å². The highest BCUT2D eigenvalue weighted by molar-refractivity contribution is 5.81. The van der Waals surface area contributed by atoms with Crippen LogP contribution in [0.15, 0.2) is 24.3 Å². The predicted octanol–water partition coefficient (Wildman–Crippen LogP) is 2.01. The molecule has 25 heavy (non-hydrogen) atoms. The molecule has 138 valence electrons. The molecule has 1 aromatic carbocycles. The van der Waals surface area contributed by atoms with Gasteiger partial charge >= 0.3 is 0 Å². The molecule has 0 spiro atoms. The SMILES string of the molecule is CN1CCOC(C(=O)NCc2ccccc2CN2CCCCCC2)C1. The molecule has 5 nitrogen and oxygen atoms in total. The molecule has 2 aliphatic heterocycles. The van der Waals surface area contributed by atoms with Crippen molar-refractivity contribution in [2.45, 2.75) is 44.9 Å². The van der Waals surface area contributed by atoms with E-state index in [2.05, 4.69) is 39.4 Å². The molecule has 1 N–H and O–H groups in total. The standard InChI is InChI=1S/C20H31N3O2/c1-22-12-13-25-19(16-22)20(24)21-14-17-8-4-5-9-18(17)15-23-10-6-2-3-7-11-23/h4-5,8-9,19H,2-3,6-7,10-16H2,1H3,(H,21,24). The second-order valence-corrected chi connectivity index (χ2v) is 7.30. The van der Waals surface area contributed by atoms with E-state index in [1.807, 2.05) is 7.05 Å². The summed E-state index contributed by atoms with van der Waals surface area (Å²) in [5.41, 5.74) is 2.54. The smallest absolute Gasteiger partial charge is 0.250 e. The molecule has 2 fully saturated rings.